The Bertz CT molecular complexity index is 399. The van der Waals surface area contributed by atoms with Gasteiger partial charge in [0.2, 0.25) is 0 Å². The van der Waals surface area contributed by atoms with Gasteiger partial charge in [0.25, 0.3) is 10.1 Å². The quantitative estimate of drug-likeness (QED) is 0.759. The van der Waals surface area contributed by atoms with Crippen LogP contribution in [-0.2, 0) is 16.5 Å². The molecule has 0 spiro atoms. The number of benzene rings is 1. The van der Waals surface area contributed by atoms with Crippen LogP contribution >= 0.6 is 0 Å². The normalized spacial score (nSPS) is 15.9. The molecule has 0 bridgehead atoms. The molecular weight excluding hydrogens is 216 g/mol. The van der Waals surface area contributed by atoms with Gasteiger partial charge in [-0.1, -0.05) is 37.3 Å². The highest BCUT2D eigenvalue weighted by Gasteiger charge is 2.26. The van der Waals surface area contributed by atoms with Gasteiger partial charge in [0.15, 0.2) is 5.44 Å². The number of aliphatic hydroxyl groups excluding tert-OH is 1. The highest BCUT2D eigenvalue weighted by atomic mass is 32.2. The summed E-state index contributed by atoms with van der Waals surface area (Å²) in [6.45, 7) is 1.57. The van der Waals surface area contributed by atoms with E-state index in [0.29, 0.717) is 6.42 Å². The van der Waals surface area contributed by atoms with Crippen LogP contribution in [0.5, 0.6) is 0 Å². The van der Waals surface area contributed by atoms with Crippen LogP contribution in [0.25, 0.3) is 0 Å². The molecule has 0 aliphatic rings. The van der Waals surface area contributed by atoms with Crippen molar-refractivity contribution in [3.8, 4) is 0 Å². The molecular formula is C10H14O4S. The second-order valence-corrected chi connectivity index (χ2v) is 5.09. The summed E-state index contributed by atoms with van der Waals surface area (Å²) in [5.41, 5.74) is -0.801. The maximum absolute atomic E-state index is 10.7. The minimum absolute atomic E-state index is 0.405. The molecule has 2 atom stereocenters. The summed E-state index contributed by atoms with van der Waals surface area (Å²) < 4.78 is 30.0. The van der Waals surface area contributed by atoms with E-state index in [4.69, 9.17) is 4.55 Å². The largest absolute Gasteiger partial charge is 0.375 e. The molecule has 15 heavy (non-hydrogen) atoms. The molecule has 0 aliphatic carbocycles. The molecule has 0 saturated heterocycles. The fourth-order valence-corrected chi connectivity index (χ4v) is 2.06. The first-order valence-electron chi connectivity index (χ1n) is 4.59. The van der Waals surface area contributed by atoms with E-state index in [2.05, 4.69) is 0 Å². The maximum Gasteiger partial charge on any atom is 0.292 e. The first kappa shape index (κ1) is 12.2. The predicted octanol–water partition coefficient (Wildman–Crippen LogP) is 1.07. The molecule has 0 heterocycles. The number of hydrogen-bond donors (Lipinski definition) is 2. The number of aliphatic hydroxyl groups is 1. The Kier molecular flexibility index (Phi) is 3.84. The highest BCUT2D eigenvalue weighted by Crippen LogP contribution is 2.15. The van der Waals surface area contributed by atoms with Crippen molar-refractivity contribution in [1.29, 1.82) is 0 Å². The standard InChI is InChI=1S/C10H14O4S/c1-8(10(11)15(12,13)14)7-9-5-3-2-4-6-9/h2-6,8,10-11H,7H2,1H3,(H,12,13,14). The average molecular weight is 230 g/mol. The summed E-state index contributed by atoms with van der Waals surface area (Å²) in [7, 11) is -4.37. The topological polar surface area (TPSA) is 74.6 Å². The van der Waals surface area contributed by atoms with Crippen LogP contribution in [0, 0.1) is 5.92 Å². The van der Waals surface area contributed by atoms with E-state index < -0.39 is 21.5 Å². The van der Waals surface area contributed by atoms with Gasteiger partial charge < -0.3 is 5.11 Å². The molecule has 1 rings (SSSR count). The number of rotatable bonds is 4. The van der Waals surface area contributed by atoms with Gasteiger partial charge in [-0.25, -0.2) is 0 Å². The van der Waals surface area contributed by atoms with Gasteiger partial charge in [-0.05, 0) is 12.0 Å². The highest BCUT2D eigenvalue weighted by molar-refractivity contribution is 7.86. The molecule has 0 radical (unpaired) electrons. The molecule has 0 aliphatic heterocycles. The van der Waals surface area contributed by atoms with Crippen molar-refractivity contribution in [3.05, 3.63) is 35.9 Å². The van der Waals surface area contributed by atoms with Crippen molar-refractivity contribution < 1.29 is 18.1 Å². The Morgan fingerprint density at radius 3 is 2.27 bits per heavy atom. The molecule has 4 nitrogen and oxygen atoms in total. The summed E-state index contributed by atoms with van der Waals surface area (Å²) >= 11 is 0. The fraction of sp³-hybridized carbons (Fsp3) is 0.400. The van der Waals surface area contributed by atoms with Crippen molar-refractivity contribution in [1.82, 2.24) is 0 Å². The van der Waals surface area contributed by atoms with Gasteiger partial charge in [0.1, 0.15) is 0 Å². The zero-order valence-electron chi connectivity index (χ0n) is 8.37. The second kappa shape index (κ2) is 4.74. The summed E-state index contributed by atoms with van der Waals surface area (Å²) in [6.07, 6.45) is 0.405. The maximum atomic E-state index is 10.7. The van der Waals surface area contributed by atoms with Crippen LogP contribution in [0.4, 0.5) is 0 Å². The molecule has 0 saturated carbocycles. The molecule has 5 heteroatoms. The Balaban J connectivity index is 2.68. The first-order chi connectivity index (χ1) is 6.91. The van der Waals surface area contributed by atoms with E-state index >= 15 is 0 Å². The van der Waals surface area contributed by atoms with Gasteiger partial charge in [-0.3, -0.25) is 4.55 Å². The lowest BCUT2D eigenvalue weighted by molar-refractivity contribution is 0.177. The molecule has 84 valence electrons. The average Bonchev–Trinajstić information content (AvgIpc) is 2.16. The van der Waals surface area contributed by atoms with Crippen LogP contribution in [-0.4, -0.2) is 23.5 Å². The van der Waals surface area contributed by atoms with Crippen molar-refractivity contribution in [3.63, 3.8) is 0 Å². The van der Waals surface area contributed by atoms with E-state index in [1.54, 1.807) is 6.92 Å². The predicted molar refractivity (Wildman–Crippen MR) is 56.9 cm³/mol. The van der Waals surface area contributed by atoms with E-state index in [9.17, 15) is 13.5 Å². The Morgan fingerprint density at radius 1 is 1.27 bits per heavy atom. The van der Waals surface area contributed by atoms with Crippen LogP contribution in [0.2, 0.25) is 0 Å². The molecule has 2 unspecified atom stereocenters. The van der Waals surface area contributed by atoms with Crippen molar-refractivity contribution in [2.45, 2.75) is 18.8 Å². The molecule has 0 amide bonds. The van der Waals surface area contributed by atoms with Gasteiger partial charge in [-0.15, -0.1) is 0 Å². The lowest BCUT2D eigenvalue weighted by Gasteiger charge is -2.15. The lowest BCUT2D eigenvalue weighted by Crippen LogP contribution is -2.28. The third kappa shape index (κ3) is 3.62. The van der Waals surface area contributed by atoms with Gasteiger partial charge in [0.05, 0.1) is 0 Å². The van der Waals surface area contributed by atoms with Crippen molar-refractivity contribution in [2.24, 2.45) is 5.92 Å². The zero-order chi connectivity index (χ0) is 11.5. The van der Waals surface area contributed by atoms with Crippen molar-refractivity contribution in [2.75, 3.05) is 0 Å². The van der Waals surface area contributed by atoms with Gasteiger partial charge in [0, 0.05) is 5.92 Å². The van der Waals surface area contributed by atoms with Crippen molar-refractivity contribution >= 4 is 10.1 Å². The molecule has 0 fully saturated rings. The van der Waals surface area contributed by atoms with Gasteiger partial charge >= 0.3 is 0 Å². The Morgan fingerprint density at radius 2 is 1.80 bits per heavy atom. The third-order valence-electron chi connectivity index (χ3n) is 2.19. The summed E-state index contributed by atoms with van der Waals surface area (Å²) in [6, 6.07) is 9.21. The number of hydrogen-bond acceptors (Lipinski definition) is 3. The van der Waals surface area contributed by atoms with Crippen LogP contribution in [0.1, 0.15) is 12.5 Å². The minimum atomic E-state index is -4.37. The summed E-state index contributed by atoms with van der Waals surface area (Å²) in [5.74, 6) is -0.539. The van der Waals surface area contributed by atoms with E-state index in [-0.39, 0.29) is 0 Å². The lowest BCUT2D eigenvalue weighted by atomic mass is 10.0. The SMILES string of the molecule is CC(Cc1ccccc1)C(O)S(=O)(=O)O. The summed E-state index contributed by atoms with van der Waals surface area (Å²) in [4.78, 5) is 0. The third-order valence-corrected chi connectivity index (χ3v) is 3.27. The fourth-order valence-electron chi connectivity index (χ4n) is 1.38. The molecule has 1 aromatic rings. The molecule has 0 aromatic heterocycles. The zero-order valence-corrected chi connectivity index (χ0v) is 9.18. The molecule has 1 aromatic carbocycles. The van der Waals surface area contributed by atoms with E-state index in [0.717, 1.165) is 5.56 Å². The first-order valence-corrected chi connectivity index (χ1v) is 6.10. The van der Waals surface area contributed by atoms with E-state index in [1.807, 2.05) is 30.3 Å². The van der Waals surface area contributed by atoms with Crippen LogP contribution < -0.4 is 0 Å². The van der Waals surface area contributed by atoms with E-state index in [1.165, 1.54) is 0 Å². The minimum Gasteiger partial charge on any atom is -0.375 e. The Labute approximate surface area is 89.3 Å². The Hall–Kier alpha value is -0.910. The van der Waals surface area contributed by atoms with Gasteiger partial charge in [-0.2, -0.15) is 8.42 Å². The summed E-state index contributed by atoms with van der Waals surface area (Å²) in [5, 5.41) is 9.28. The molecule has 2 N–H and O–H groups in total. The smallest absolute Gasteiger partial charge is 0.292 e. The van der Waals surface area contributed by atoms with Crippen LogP contribution in [0.15, 0.2) is 30.3 Å². The second-order valence-electron chi connectivity index (χ2n) is 3.57. The monoisotopic (exact) mass is 230 g/mol. The van der Waals surface area contributed by atoms with Crippen LogP contribution in [0.3, 0.4) is 0 Å².